The summed E-state index contributed by atoms with van der Waals surface area (Å²) in [6, 6.07) is 4.57. The van der Waals surface area contributed by atoms with Gasteiger partial charge in [0.1, 0.15) is 0 Å². The molecule has 0 saturated heterocycles. The lowest BCUT2D eigenvalue weighted by molar-refractivity contribution is -0.137. The molecule has 1 unspecified atom stereocenters. The minimum Gasteiger partial charge on any atom is -0.479 e. The van der Waals surface area contributed by atoms with Crippen LogP contribution in [0.1, 0.15) is 28.8 Å². The molecule has 2 aliphatic rings. The zero-order valence-corrected chi connectivity index (χ0v) is 9.35. The molecule has 4 nitrogen and oxygen atoms in total. The number of ketones is 1. The predicted octanol–water partition coefficient (Wildman–Crippen LogP) is 1.48. The number of nitrogens with zero attached hydrogens (tertiary/aromatic N) is 1. The molecule has 1 N–H and O–H groups in total. The van der Waals surface area contributed by atoms with Crippen LogP contribution in [0.25, 0.3) is 0 Å². The topological polar surface area (TPSA) is 57.6 Å². The summed E-state index contributed by atoms with van der Waals surface area (Å²) in [4.78, 5) is 25.1. The van der Waals surface area contributed by atoms with E-state index in [9.17, 15) is 14.7 Å². The van der Waals surface area contributed by atoms with Gasteiger partial charge in [-0.3, -0.25) is 4.79 Å². The molecule has 2 aliphatic heterocycles. The number of Topliss-reactive ketones (excluding diaryl/α,β-unsaturated/α-hetero) is 1. The highest BCUT2D eigenvalue weighted by molar-refractivity contribution is 6.21. The number of hydrogen-bond donors (Lipinski definition) is 1. The summed E-state index contributed by atoms with van der Waals surface area (Å²) in [6.45, 7) is 0.659. The third-order valence-corrected chi connectivity index (χ3v) is 3.56. The second-order valence-corrected chi connectivity index (χ2v) is 4.57. The fraction of sp³-hybridized carbons (Fsp3) is 0.385. The zero-order valence-electron chi connectivity index (χ0n) is 9.35. The van der Waals surface area contributed by atoms with Crippen LogP contribution in [0.5, 0.6) is 0 Å². The fourth-order valence-corrected chi connectivity index (χ4v) is 2.83. The number of aliphatic carboxylic acids is 1. The largest absolute Gasteiger partial charge is 0.479 e. The Morgan fingerprint density at radius 2 is 2.18 bits per heavy atom. The van der Waals surface area contributed by atoms with Crippen LogP contribution in [0.15, 0.2) is 18.2 Å². The van der Waals surface area contributed by atoms with Crippen molar-refractivity contribution < 1.29 is 14.7 Å². The van der Waals surface area contributed by atoms with Gasteiger partial charge in [-0.05, 0) is 30.9 Å². The van der Waals surface area contributed by atoms with E-state index in [1.54, 1.807) is 11.0 Å². The van der Waals surface area contributed by atoms with Crippen molar-refractivity contribution in [1.29, 1.82) is 0 Å². The first-order valence-corrected chi connectivity index (χ1v) is 5.85. The quantitative estimate of drug-likeness (QED) is 0.744. The van der Waals surface area contributed by atoms with Crippen LogP contribution in [-0.4, -0.2) is 29.4 Å². The Labute approximate surface area is 98.9 Å². The molecule has 0 aliphatic carbocycles. The third-order valence-electron chi connectivity index (χ3n) is 3.56. The Morgan fingerprint density at radius 1 is 1.35 bits per heavy atom. The number of carboxylic acids is 1. The standard InChI is InChI=1S/C13H13NO3/c15-12-9-6-3-5-8-4-1-2-7-14(10(8)9)11(12)13(16)17/h3,5-6,11H,1-2,4,7H2,(H,16,17). The first-order chi connectivity index (χ1) is 8.20. The Bertz CT molecular complexity index is 509. The molecule has 0 spiro atoms. The van der Waals surface area contributed by atoms with Gasteiger partial charge < -0.3 is 10.0 Å². The molecule has 0 saturated carbocycles. The number of aryl methyl sites for hydroxylation is 1. The van der Waals surface area contributed by atoms with Gasteiger partial charge in [0, 0.05) is 12.1 Å². The highest BCUT2D eigenvalue weighted by Crippen LogP contribution is 2.38. The Morgan fingerprint density at radius 3 is 2.94 bits per heavy atom. The van der Waals surface area contributed by atoms with Crippen LogP contribution in [0.3, 0.4) is 0 Å². The number of benzene rings is 1. The van der Waals surface area contributed by atoms with E-state index in [2.05, 4.69) is 0 Å². The maximum Gasteiger partial charge on any atom is 0.334 e. The lowest BCUT2D eigenvalue weighted by atomic mass is 10.0. The van der Waals surface area contributed by atoms with Crippen LogP contribution < -0.4 is 4.90 Å². The Kier molecular flexibility index (Phi) is 2.18. The maximum absolute atomic E-state index is 12.1. The molecule has 3 rings (SSSR count). The van der Waals surface area contributed by atoms with Gasteiger partial charge in [-0.1, -0.05) is 12.1 Å². The molecular weight excluding hydrogens is 218 g/mol. The molecule has 0 fully saturated rings. The molecule has 2 heterocycles. The minimum absolute atomic E-state index is 0.267. The van der Waals surface area contributed by atoms with Gasteiger partial charge in [0.25, 0.3) is 0 Å². The van der Waals surface area contributed by atoms with E-state index in [0.717, 1.165) is 30.5 Å². The van der Waals surface area contributed by atoms with E-state index in [1.165, 1.54) is 0 Å². The van der Waals surface area contributed by atoms with Crippen LogP contribution in [0.4, 0.5) is 5.69 Å². The number of para-hydroxylation sites is 1. The number of carbonyl (C=O) groups excluding carboxylic acids is 1. The van der Waals surface area contributed by atoms with Gasteiger partial charge in [0.2, 0.25) is 0 Å². The summed E-state index contributed by atoms with van der Waals surface area (Å²) in [5, 5.41) is 9.20. The average Bonchev–Trinajstić information content (AvgIpc) is 2.47. The number of carboxylic acid groups (broad SMARTS) is 1. The van der Waals surface area contributed by atoms with Crippen molar-refractivity contribution in [2.24, 2.45) is 0 Å². The normalized spacial score (nSPS) is 22.2. The molecule has 0 aromatic heterocycles. The number of hydrogen-bond acceptors (Lipinski definition) is 3. The van der Waals surface area contributed by atoms with Crippen LogP contribution in [0, 0.1) is 0 Å². The Balaban J connectivity index is 2.20. The van der Waals surface area contributed by atoms with Crippen molar-refractivity contribution in [3.63, 3.8) is 0 Å². The summed E-state index contributed by atoms with van der Waals surface area (Å²) in [5.41, 5.74) is 2.55. The van der Waals surface area contributed by atoms with Crippen molar-refractivity contribution >= 4 is 17.4 Å². The molecule has 0 bridgehead atoms. The first-order valence-electron chi connectivity index (χ1n) is 5.85. The van der Waals surface area contributed by atoms with E-state index < -0.39 is 12.0 Å². The summed E-state index contributed by atoms with van der Waals surface area (Å²) in [5.74, 6) is -1.31. The van der Waals surface area contributed by atoms with Crippen LogP contribution >= 0.6 is 0 Å². The maximum atomic E-state index is 12.1. The molecular formula is C13H13NO3. The highest BCUT2D eigenvalue weighted by atomic mass is 16.4. The molecule has 1 aromatic rings. The minimum atomic E-state index is -1.04. The van der Waals surface area contributed by atoms with Gasteiger partial charge in [0.05, 0.1) is 5.69 Å². The lowest BCUT2D eigenvalue weighted by Gasteiger charge is -2.22. The van der Waals surface area contributed by atoms with E-state index in [1.807, 2.05) is 12.1 Å². The number of rotatable bonds is 1. The van der Waals surface area contributed by atoms with Crippen molar-refractivity contribution in [3.8, 4) is 0 Å². The number of carbonyl (C=O) groups is 2. The smallest absolute Gasteiger partial charge is 0.334 e. The second-order valence-electron chi connectivity index (χ2n) is 4.57. The number of anilines is 1. The molecule has 4 heteroatoms. The third kappa shape index (κ3) is 1.37. The van der Waals surface area contributed by atoms with Crippen molar-refractivity contribution in [2.45, 2.75) is 25.3 Å². The summed E-state index contributed by atoms with van der Waals surface area (Å²) in [6.07, 6.45) is 2.91. The Hall–Kier alpha value is -1.84. The first kappa shape index (κ1) is 10.3. The zero-order chi connectivity index (χ0) is 12.0. The SMILES string of the molecule is O=C(O)C1C(=O)c2cccc3c2N1CCCC3. The monoisotopic (exact) mass is 231 g/mol. The highest BCUT2D eigenvalue weighted by Gasteiger charge is 2.43. The molecule has 0 amide bonds. The molecule has 0 radical (unpaired) electrons. The van der Waals surface area contributed by atoms with Gasteiger partial charge in [-0.2, -0.15) is 0 Å². The predicted molar refractivity (Wildman–Crippen MR) is 62.5 cm³/mol. The van der Waals surface area contributed by atoms with Crippen molar-refractivity contribution in [3.05, 3.63) is 29.3 Å². The average molecular weight is 231 g/mol. The van der Waals surface area contributed by atoms with Crippen LogP contribution in [-0.2, 0) is 11.2 Å². The second kappa shape index (κ2) is 3.58. The van der Waals surface area contributed by atoms with Crippen molar-refractivity contribution in [1.82, 2.24) is 0 Å². The molecule has 1 atom stereocenters. The van der Waals surface area contributed by atoms with E-state index in [0.29, 0.717) is 12.1 Å². The summed E-state index contributed by atoms with van der Waals surface area (Å²) < 4.78 is 0. The van der Waals surface area contributed by atoms with Gasteiger partial charge in [0.15, 0.2) is 11.8 Å². The summed E-state index contributed by atoms with van der Waals surface area (Å²) >= 11 is 0. The van der Waals surface area contributed by atoms with Gasteiger partial charge >= 0.3 is 5.97 Å². The van der Waals surface area contributed by atoms with Gasteiger partial charge in [-0.15, -0.1) is 0 Å². The molecule has 17 heavy (non-hydrogen) atoms. The van der Waals surface area contributed by atoms with E-state index >= 15 is 0 Å². The van der Waals surface area contributed by atoms with E-state index in [4.69, 9.17) is 0 Å². The fourth-order valence-electron chi connectivity index (χ4n) is 2.83. The summed E-state index contributed by atoms with van der Waals surface area (Å²) in [7, 11) is 0. The molecule has 88 valence electrons. The van der Waals surface area contributed by atoms with Gasteiger partial charge in [-0.25, -0.2) is 4.79 Å². The van der Waals surface area contributed by atoms with Crippen LogP contribution in [0.2, 0.25) is 0 Å². The lowest BCUT2D eigenvalue weighted by Crippen LogP contribution is -2.42. The van der Waals surface area contributed by atoms with E-state index in [-0.39, 0.29) is 5.78 Å². The van der Waals surface area contributed by atoms with Crippen molar-refractivity contribution in [2.75, 3.05) is 11.4 Å². The molecule has 1 aromatic carbocycles.